The van der Waals surface area contributed by atoms with E-state index in [0.29, 0.717) is 26.2 Å². The van der Waals surface area contributed by atoms with Gasteiger partial charge in [-0.05, 0) is 24.5 Å². The molecule has 0 aromatic heterocycles. The van der Waals surface area contributed by atoms with Crippen molar-refractivity contribution in [1.29, 1.82) is 0 Å². The second kappa shape index (κ2) is 9.83. The molecule has 2 N–H and O–H groups in total. The van der Waals surface area contributed by atoms with Gasteiger partial charge in [0.15, 0.2) is 11.5 Å². The minimum Gasteiger partial charge on any atom is -0.488 e. The molecule has 0 aliphatic carbocycles. The molecular formula is C27H29NO5. The first-order valence-corrected chi connectivity index (χ1v) is 11.3. The van der Waals surface area contributed by atoms with Crippen LogP contribution in [0.4, 0.5) is 0 Å². The first-order chi connectivity index (χ1) is 16.2. The molecule has 0 bridgehead atoms. The molecule has 3 aromatic rings. The van der Waals surface area contributed by atoms with Gasteiger partial charge in [0, 0.05) is 22.7 Å². The van der Waals surface area contributed by atoms with Gasteiger partial charge >= 0.3 is 0 Å². The van der Waals surface area contributed by atoms with Gasteiger partial charge in [-0.3, -0.25) is 0 Å². The van der Waals surface area contributed by atoms with Gasteiger partial charge in [-0.15, -0.1) is 0 Å². The first-order valence-electron chi connectivity index (χ1n) is 11.3. The molecule has 0 saturated heterocycles. The smallest absolute Gasteiger partial charge is 0.231 e. The number of hydrogen-bond acceptors (Lipinski definition) is 6. The standard InChI is InChI=1S/C27H29NO5/c1-18-25(31-15-20-10-6-3-7-11-20)22-12-21(13-29)28-23(24(22)27-26(18)32-17-33-27)16-30-14-19-8-4-2-5-9-19/h2-11,21,23,28-29H,12-17H2,1H3/t21-,23?/m0/s1. The summed E-state index contributed by atoms with van der Waals surface area (Å²) in [4.78, 5) is 0. The number of nitrogens with one attached hydrogen (secondary N) is 1. The lowest BCUT2D eigenvalue weighted by molar-refractivity contribution is 0.0855. The van der Waals surface area contributed by atoms with Crippen molar-refractivity contribution in [2.45, 2.75) is 38.6 Å². The summed E-state index contributed by atoms with van der Waals surface area (Å²) in [6.07, 6.45) is 0.641. The Morgan fingerprint density at radius 1 is 0.939 bits per heavy atom. The second-order valence-electron chi connectivity index (χ2n) is 8.49. The van der Waals surface area contributed by atoms with Gasteiger partial charge in [0.25, 0.3) is 0 Å². The molecule has 6 nitrogen and oxygen atoms in total. The average molecular weight is 448 g/mol. The van der Waals surface area contributed by atoms with Crippen LogP contribution in [0.3, 0.4) is 0 Å². The van der Waals surface area contributed by atoms with Gasteiger partial charge in [0.1, 0.15) is 12.4 Å². The summed E-state index contributed by atoms with van der Waals surface area (Å²) in [6.45, 7) is 3.63. The normalized spacial score (nSPS) is 18.7. The highest BCUT2D eigenvalue weighted by Gasteiger charge is 2.37. The fourth-order valence-corrected chi connectivity index (χ4v) is 4.63. The van der Waals surface area contributed by atoms with Gasteiger partial charge < -0.3 is 29.4 Å². The SMILES string of the molecule is Cc1c(OCc2ccccc2)c2c(c3c1OCO3)C(COCc1ccccc1)N[C@H](CO)C2. The third-order valence-electron chi connectivity index (χ3n) is 6.22. The maximum Gasteiger partial charge on any atom is 0.231 e. The van der Waals surface area contributed by atoms with E-state index in [1.807, 2.05) is 67.6 Å². The van der Waals surface area contributed by atoms with Crippen molar-refractivity contribution < 1.29 is 24.1 Å². The molecule has 2 aliphatic heterocycles. The molecule has 33 heavy (non-hydrogen) atoms. The van der Waals surface area contributed by atoms with Gasteiger partial charge in [-0.2, -0.15) is 0 Å². The summed E-state index contributed by atoms with van der Waals surface area (Å²) >= 11 is 0. The second-order valence-corrected chi connectivity index (χ2v) is 8.49. The minimum atomic E-state index is -0.148. The Hall–Kier alpha value is -3.06. The number of ether oxygens (including phenoxy) is 4. The molecule has 3 aromatic carbocycles. The van der Waals surface area contributed by atoms with E-state index in [4.69, 9.17) is 18.9 Å². The van der Waals surface area contributed by atoms with Crippen LogP contribution < -0.4 is 19.5 Å². The van der Waals surface area contributed by atoms with Crippen molar-refractivity contribution in [2.24, 2.45) is 0 Å². The summed E-state index contributed by atoms with van der Waals surface area (Å²) in [7, 11) is 0. The van der Waals surface area contributed by atoms with E-state index in [2.05, 4.69) is 5.32 Å². The van der Waals surface area contributed by atoms with E-state index < -0.39 is 0 Å². The molecule has 2 aliphatic rings. The zero-order valence-corrected chi connectivity index (χ0v) is 18.8. The molecule has 2 heterocycles. The van der Waals surface area contributed by atoms with Gasteiger partial charge in [-0.1, -0.05) is 60.7 Å². The summed E-state index contributed by atoms with van der Waals surface area (Å²) < 4.78 is 24.2. The van der Waals surface area contributed by atoms with Crippen LogP contribution in [0, 0.1) is 6.92 Å². The van der Waals surface area contributed by atoms with Crippen molar-refractivity contribution in [3.05, 3.63) is 88.5 Å². The fourth-order valence-electron chi connectivity index (χ4n) is 4.63. The van der Waals surface area contributed by atoms with Crippen molar-refractivity contribution in [1.82, 2.24) is 5.32 Å². The Morgan fingerprint density at radius 2 is 1.61 bits per heavy atom. The van der Waals surface area contributed by atoms with Crippen molar-refractivity contribution >= 4 is 0 Å². The number of aliphatic hydroxyl groups excluding tert-OH is 1. The third-order valence-corrected chi connectivity index (χ3v) is 6.22. The lowest BCUT2D eigenvalue weighted by Gasteiger charge is -2.34. The largest absolute Gasteiger partial charge is 0.488 e. The lowest BCUT2D eigenvalue weighted by atomic mass is 9.87. The number of hydrogen-bond donors (Lipinski definition) is 2. The summed E-state index contributed by atoms with van der Waals surface area (Å²) in [6, 6.07) is 20.0. The number of fused-ring (bicyclic) bond motifs is 3. The predicted octanol–water partition coefficient (Wildman–Crippen LogP) is 4.07. The lowest BCUT2D eigenvalue weighted by Crippen LogP contribution is -2.43. The zero-order valence-electron chi connectivity index (χ0n) is 18.8. The molecule has 0 fully saturated rings. The molecule has 172 valence electrons. The Morgan fingerprint density at radius 3 is 2.30 bits per heavy atom. The van der Waals surface area contributed by atoms with Crippen LogP contribution in [0.1, 0.15) is 33.9 Å². The van der Waals surface area contributed by atoms with E-state index in [-0.39, 0.29) is 25.5 Å². The molecule has 0 spiro atoms. The molecule has 0 saturated carbocycles. The zero-order chi connectivity index (χ0) is 22.6. The van der Waals surface area contributed by atoms with Crippen molar-refractivity contribution in [2.75, 3.05) is 20.0 Å². The highest BCUT2D eigenvalue weighted by molar-refractivity contribution is 5.65. The van der Waals surface area contributed by atoms with E-state index in [1.165, 1.54) is 0 Å². The number of aliphatic hydroxyl groups is 1. The molecule has 6 heteroatoms. The summed E-state index contributed by atoms with van der Waals surface area (Å²) in [5.74, 6) is 2.30. The number of benzene rings is 3. The Labute approximate surface area is 194 Å². The van der Waals surface area contributed by atoms with E-state index >= 15 is 0 Å². The van der Waals surface area contributed by atoms with Crippen LogP contribution in [-0.4, -0.2) is 31.2 Å². The van der Waals surface area contributed by atoms with Crippen LogP contribution >= 0.6 is 0 Å². The molecule has 1 unspecified atom stereocenters. The molecule has 0 radical (unpaired) electrons. The van der Waals surface area contributed by atoms with Crippen molar-refractivity contribution in [3.63, 3.8) is 0 Å². The van der Waals surface area contributed by atoms with Crippen molar-refractivity contribution in [3.8, 4) is 17.2 Å². The maximum absolute atomic E-state index is 10.00. The highest BCUT2D eigenvalue weighted by atomic mass is 16.7. The van der Waals surface area contributed by atoms with Crippen LogP contribution in [0.15, 0.2) is 60.7 Å². The van der Waals surface area contributed by atoms with E-state index in [0.717, 1.165) is 45.1 Å². The Balaban J connectivity index is 1.46. The monoisotopic (exact) mass is 447 g/mol. The van der Waals surface area contributed by atoms with Crippen LogP contribution in [0.2, 0.25) is 0 Å². The Kier molecular flexibility index (Phi) is 6.48. The average Bonchev–Trinajstić information content (AvgIpc) is 3.35. The molecule has 2 atom stereocenters. The van der Waals surface area contributed by atoms with Gasteiger partial charge in [0.2, 0.25) is 6.79 Å². The molecule has 0 amide bonds. The minimum absolute atomic E-state index is 0.0280. The predicted molar refractivity (Wildman–Crippen MR) is 125 cm³/mol. The first kappa shape index (κ1) is 21.8. The topological polar surface area (TPSA) is 69.2 Å². The van der Waals surface area contributed by atoms with E-state index in [9.17, 15) is 5.11 Å². The van der Waals surface area contributed by atoms with Gasteiger partial charge in [-0.25, -0.2) is 0 Å². The molecular weight excluding hydrogens is 418 g/mol. The fraction of sp³-hybridized carbons (Fsp3) is 0.333. The third kappa shape index (κ3) is 4.55. The van der Waals surface area contributed by atoms with Crippen LogP contribution in [0.5, 0.6) is 17.2 Å². The number of rotatable bonds is 8. The van der Waals surface area contributed by atoms with Gasteiger partial charge in [0.05, 0.1) is 25.9 Å². The highest BCUT2D eigenvalue weighted by Crippen LogP contribution is 2.50. The van der Waals surface area contributed by atoms with Crippen LogP contribution in [-0.2, 0) is 24.4 Å². The summed E-state index contributed by atoms with van der Waals surface area (Å²) in [5, 5.41) is 13.5. The quantitative estimate of drug-likeness (QED) is 0.543. The Bertz CT molecular complexity index is 1090. The summed E-state index contributed by atoms with van der Waals surface area (Å²) in [5.41, 5.74) is 5.21. The van der Waals surface area contributed by atoms with E-state index in [1.54, 1.807) is 0 Å². The van der Waals surface area contributed by atoms with Crippen LogP contribution in [0.25, 0.3) is 0 Å². The maximum atomic E-state index is 10.00. The molecule has 5 rings (SSSR count).